The molecule has 0 unspecified atom stereocenters. The van der Waals surface area contributed by atoms with E-state index in [1.807, 2.05) is 54.6 Å². The molecule has 0 bridgehead atoms. The molecule has 0 aliphatic carbocycles. The Morgan fingerprint density at radius 3 is 2.38 bits per heavy atom. The molecule has 102 valence electrons. The number of benzene rings is 2. The number of anilines is 1. The summed E-state index contributed by atoms with van der Waals surface area (Å²) in [6.07, 6.45) is 0. The fraction of sp³-hybridized carbons (Fsp3) is 0. The third kappa shape index (κ3) is 2.05. The highest BCUT2D eigenvalue weighted by Gasteiger charge is 2.13. The number of aromatic nitrogens is 4. The van der Waals surface area contributed by atoms with Gasteiger partial charge in [-0.1, -0.05) is 41.7 Å². The van der Waals surface area contributed by atoms with Crippen LogP contribution in [0, 0.1) is 0 Å². The molecule has 2 aromatic carbocycles. The monoisotopic (exact) mass is 293 g/mol. The number of hydrogen-bond acceptors (Lipinski definition) is 5. The maximum absolute atomic E-state index is 5.72. The largest absolute Gasteiger partial charge is 0.399 e. The van der Waals surface area contributed by atoms with Crippen LogP contribution in [0.15, 0.2) is 54.6 Å². The van der Waals surface area contributed by atoms with E-state index in [1.54, 1.807) is 4.52 Å². The van der Waals surface area contributed by atoms with E-state index in [4.69, 9.17) is 5.73 Å². The van der Waals surface area contributed by atoms with Crippen LogP contribution in [0.4, 0.5) is 5.69 Å². The van der Waals surface area contributed by atoms with Gasteiger partial charge in [0.2, 0.25) is 4.96 Å². The average molecular weight is 293 g/mol. The zero-order chi connectivity index (χ0) is 14.2. The number of nitrogens with two attached hydrogens (primary N) is 1. The van der Waals surface area contributed by atoms with Gasteiger partial charge in [-0.2, -0.15) is 9.61 Å². The standard InChI is InChI=1S/C15H11N5S/c16-12-8-6-10(7-9-12)13-17-18-15-20(13)19-14(21-15)11-4-2-1-3-5-11/h1-9H,16H2. The molecule has 0 spiro atoms. The Morgan fingerprint density at radius 2 is 1.62 bits per heavy atom. The van der Waals surface area contributed by atoms with Gasteiger partial charge >= 0.3 is 0 Å². The van der Waals surface area contributed by atoms with Crippen molar-refractivity contribution in [2.75, 3.05) is 5.73 Å². The second-order valence-corrected chi connectivity index (χ2v) is 5.57. The molecule has 21 heavy (non-hydrogen) atoms. The highest BCUT2D eigenvalue weighted by molar-refractivity contribution is 7.19. The fourth-order valence-corrected chi connectivity index (χ4v) is 2.97. The number of nitrogen functional groups attached to an aromatic ring is 1. The highest BCUT2D eigenvalue weighted by atomic mass is 32.1. The third-order valence-corrected chi connectivity index (χ3v) is 4.13. The van der Waals surface area contributed by atoms with Crippen LogP contribution in [0.25, 0.3) is 26.9 Å². The van der Waals surface area contributed by atoms with Crippen molar-refractivity contribution in [1.29, 1.82) is 0 Å². The summed E-state index contributed by atoms with van der Waals surface area (Å²) in [5.74, 6) is 0.725. The second kappa shape index (κ2) is 4.68. The van der Waals surface area contributed by atoms with Gasteiger partial charge in [0.15, 0.2) is 5.82 Å². The molecule has 0 aliphatic heterocycles. The lowest BCUT2D eigenvalue weighted by Gasteiger charge is -1.98. The summed E-state index contributed by atoms with van der Waals surface area (Å²) in [7, 11) is 0. The molecule has 6 heteroatoms. The maximum Gasteiger partial charge on any atom is 0.235 e. The molecular formula is C15H11N5S. The van der Waals surface area contributed by atoms with Gasteiger partial charge < -0.3 is 5.73 Å². The first-order valence-corrected chi connectivity index (χ1v) is 7.26. The van der Waals surface area contributed by atoms with Gasteiger partial charge in [-0.3, -0.25) is 0 Å². The van der Waals surface area contributed by atoms with Gasteiger partial charge in [-0.15, -0.1) is 10.2 Å². The summed E-state index contributed by atoms with van der Waals surface area (Å²) in [6.45, 7) is 0. The molecule has 0 fully saturated rings. The van der Waals surface area contributed by atoms with Crippen molar-refractivity contribution in [2.45, 2.75) is 0 Å². The van der Waals surface area contributed by atoms with E-state index < -0.39 is 0 Å². The minimum Gasteiger partial charge on any atom is -0.399 e. The van der Waals surface area contributed by atoms with E-state index in [-0.39, 0.29) is 0 Å². The molecule has 0 aliphatic rings. The SMILES string of the molecule is Nc1ccc(-c2nnc3sc(-c4ccccc4)nn23)cc1. The molecule has 0 radical (unpaired) electrons. The van der Waals surface area contributed by atoms with E-state index in [0.717, 1.165) is 32.6 Å². The first-order valence-electron chi connectivity index (χ1n) is 6.45. The Kier molecular flexibility index (Phi) is 2.68. The molecule has 4 aromatic rings. The lowest BCUT2D eigenvalue weighted by molar-refractivity contribution is 0.971. The third-order valence-electron chi connectivity index (χ3n) is 3.18. The quantitative estimate of drug-likeness (QED) is 0.577. The molecule has 2 N–H and O–H groups in total. The van der Waals surface area contributed by atoms with Gasteiger partial charge in [0.25, 0.3) is 0 Å². The summed E-state index contributed by atoms with van der Waals surface area (Å²) >= 11 is 1.52. The van der Waals surface area contributed by atoms with Crippen molar-refractivity contribution < 1.29 is 0 Å². The molecule has 5 nitrogen and oxygen atoms in total. The van der Waals surface area contributed by atoms with Crippen molar-refractivity contribution in [3.8, 4) is 22.0 Å². The summed E-state index contributed by atoms with van der Waals surface area (Å²) in [5.41, 5.74) is 8.47. The molecule has 0 saturated carbocycles. The Morgan fingerprint density at radius 1 is 0.857 bits per heavy atom. The van der Waals surface area contributed by atoms with Gasteiger partial charge in [0.05, 0.1) is 0 Å². The fourth-order valence-electron chi connectivity index (χ4n) is 2.13. The normalized spacial score (nSPS) is 11.0. The molecule has 4 rings (SSSR count). The smallest absolute Gasteiger partial charge is 0.235 e. The van der Waals surface area contributed by atoms with Crippen LogP contribution in [0.3, 0.4) is 0 Å². The summed E-state index contributed by atoms with van der Waals surface area (Å²) in [6, 6.07) is 17.6. The number of fused-ring (bicyclic) bond motifs is 1. The predicted octanol–water partition coefficient (Wildman–Crippen LogP) is 3.10. The van der Waals surface area contributed by atoms with Gasteiger partial charge in [0, 0.05) is 16.8 Å². The van der Waals surface area contributed by atoms with Crippen molar-refractivity contribution in [1.82, 2.24) is 19.8 Å². The van der Waals surface area contributed by atoms with Gasteiger partial charge in [0.1, 0.15) is 5.01 Å². The Balaban J connectivity index is 1.85. The van der Waals surface area contributed by atoms with E-state index in [1.165, 1.54) is 11.3 Å². The summed E-state index contributed by atoms with van der Waals surface area (Å²) in [4.78, 5) is 0.778. The van der Waals surface area contributed by atoms with Crippen molar-refractivity contribution in [3.63, 3.8) is 0 Å². The molecule has 2 aromatic heterocycles. The lowest BCUT2D eigenvalue weighted by Crippen LogP contribution is -1.91. The van der Waals surface area contributed by atoms with Gasteiger partial charge in [-0.05, 0) is 24.3 Å². The number of nitrogens with zero attached hydrogens (tertiary/aromatic N) is 4. The Bertz CT molecular complexity index is 893. The van der Waals surface area contributed by atoms with E-state index in [9.17, 15) is 0 Å². The van der Waals surface area contributed by atoms with Crippen LogP contribution in [0.2, 0.25) is 0 Å². The van der Waals surface area contributed by atoms with Crippen LogP contribution in [-0.2, 0) is 0 Å². The Labute approximate surface area is 124 Å². The van der Waals surface area contributed by atoms with Crippen LogP contribution in [0.5, 0.6) is 0 Å². The first kappa shape index (κ1) is 12.0. The maximum atomic E-state index is 5.72. The highest BCUT2D eigenvalue weighted by Crippen LogP contribution is 2.27. The van der Waals surface area contributed by atoms with Crippen LogP contribution in [-0.4, -0.2) is 19.8 Å². The number of rotatable bonds is 2. The predicted molar refractivity (Wildman–Crippen MR) is 83.9 cm³/mol. The average Bonchev–Trinajstić information content (AvgIpc) is 3.09. The molecular weight excluding hydrogens is 282 g/mol. The van der Waals surface area contributed by atoms with E-state index in [2.05, 4.69) is 15.3 Å². The van der Waals surface area contributed by atoms with Crippen molar-refractivity contribution in [3.05, 3.63) is 54.6 Å². The summed E-state index contributed by atoms with van der Waals surface area (Å²) < 4.78 is 1.78. The topological polar surface area (TPSA) is 69.1 Å². The minimum atomic E-state index is 0.725. The molecule has 0 atom stereocenters. The zero-order valence-corrected chi connectivity index (χ0v) is 11.8. The van der Waals surface area contributed by atoms with E-state index >= 15 is 0 Å². The van der Waals surface area contributed by atoms with Crippen molar-refractivity contribution >= 4 is 22.0 Å². The second-order valence-electron chi connectivity index (χ2n) is 4.61. The lowest BCUT2D eigenvalue weighted by atomic mass is 10.2. The minimum absolute atomic E-state index is 0.725. The summed E-state index contributed by atoms with van der Waals surface area (Å²) in [5, 5.41) is 14.0. The molecule has 0 amide bonds. The first-order chi connectivity index (χ1) is 10.3. The Hall–Kier alpha value is -2.73. The van der Waals surface area contributed by atoms with Crippen molar-refractivity contribution in [2.24, 2.45) is 0 Å². The number of hydrogen-bond donors (Lipinski definition) is 1. The van der Waals surface area contributed by atoms with E-state index in [0.29, 0.717) is 0 Å². The zero-order valence-electron chi connectivity index (χ0n) is 11.0. The van der Waals surface area contributed by atoms with Crippen LogP contribution >= 0.6 is 11.3 Å². The molecule has 2 heterocycles. The van der Waals surface area contributed by atoms with Crippen LogP contribution < -0.4 is 5.73 Å². The van der Waals surface area contributed by atoms with Crippen LogP contribution in [0.1, 0.15) is 0 Å². The molecule has 0 saturated heterocycles. The van der Waals surface area contributed by atoms with Gasteiger partial charge in [-0.25, -0.2) is 0 Å².